The van der Waals surface area contributed by atoms with Gasteiger partial charge >= 0.3 is 0 Å². The maximum atomic E-state index is 12.0. The molecule has 0 bridgehead atoms. The number of Topliss-reactive ketones (excluding diaryl/α,β-unsaturated/α-hetero) is 1. The zero-order valence-electron chi connectivity index (χ0n) is 9.55. The molecule has 0 aliphatic rings. The highest BCUT2D eigenvalue weighted by Crippen LogP contribution is 2.08. The number of anilines is 1. The SMILES string of the molecule is Cc1cccc(C(=O)Cc2ccnc(N)c2)n1. The van der Waals surface area contributed by atoms with E-state index in [0.717, 1.165) is 11.3 Å². The third-order valence-corrected chi connectivity index (χ3v) is 2.38. The number of carbonyl (C=O) groups is 1. The van der Waals surface area contributed by atoms with Crippen LogP contribution in [0.15, 0.2) is 36.5 Å². The normalized spacial score (nSPS) is 10.2. The van der Waals surface area contributed by atoms with Gasteiger partial charge < -0.3 is 5.73 Å². The fraction of sp³-hybridized carbons (Fsp3) is 0.154. The molecule has 0 saturated carbocycles. The smallest absolute Gasteiger partial charge is 0.185 e. The van der Waals surface area contributed by atoms with Gasteiger partial charge in [0.05, 0.1) is 0 Å². The van der Waals surface area contributed by atoms with Crippen LogP contribution in [0.4, 0.5) is 5.82 Å². The van der Waals surface area contributed by atoms with E-state index in [9.17, 15) is 4.79 Å². The number of nitrogens with two attached hydrogens (primary N) is 1. The number of nitrogen functional groups attached to an aromatic ring is 1. The zero-order chi connectivity index (χ0) is 12.3. The van der Waals surface area contributed by atoms with Crippen molar-refractivity contribution in [3.8, 4) is 0 Å². The Bertz CT molecular complexity index is 552. The Kier molecular flexibility index (Phi) is 3.14. The van der Waals surface area contributed by atoms with E-state index in [1.54, 1.807) is 24.4 Å². The number of hydrogen-bond donors (Lipinski definition) is 1. The Morgan fingerprint density at radius 2 is 2.18 bits per heavy atom. The van der Waals surface area contributed by atoms with Gasteiger partial charge in [-0.25, -0.2) is 4.98 Å². The molecule has 0 aromatic carbocycles. The second kappa shape index (κ2) is 4.74. The summed E-state index contributed by atoms with van der Waals surface area (Å²) in [6.07, 6.45) is 1.89. The van der Waals surface area contributed by atoms with Crippen molar-refractivity contribution >= 4 is 11.6 Å². The van der Waals surface area contributed by atoms with Crippen LogP contribution < -0.4 is 5.73 Å². The second-order valence-corrected chi connectivity index (χ2v) is 3.85. The standard InChI is InChI=1S/C13H13N3O/c1-9-3-2-4-11(16-9)12(17)7-10-5-6-15-13(14)8-10/h2-6,8H,7H2,1H3,(H2,14,15). The van der Waals surface area contributed by atoms with Crippen molar-refractivity contribution in [3.63, 3.8) is 0 Å². The van der Waals surface area contributed by atoms with Crippen molar-refractivity contribution in [2.45, 2.75) is 13.3 Å². The number of carbonyl (C=O) groups excluding carboxylic acids is 1. The lowest BCUT2D eigenvalue weighted by molar-refractivity contribution is 0.0988. The van der Waals surface area contributed by atoms with E-state index >= 15 is 0 Å². The maximum absolute atomic E-state index is 12.0. The van der Waals surface area contributed by atoms with Crippen molar-refractivity contribution in [2.24, 2.45) is 0 Å². The van der Waals surface area contributed by atoms with E-state index in [1.807, 2.05) is 19.1 Å². The summed E-state index contributed by atoms with van der Waals surface area (Å²) in [4.78, 5) is 20.0. The Morgan fingerprint density at radius 3 is 2.88 bits per heavy atom. The average molecular weight is 227 g/mol. The first-order valence-electron chi connectivity index (χ1n) is 5.32. The van der Waals surface area contributed by atoms with Crippen LogP contribution >= 0.6 is 0 Å². The van der Waals surface area contributed by atoms with E-state index < -0.39 is 0 Å². The summed E-state index contributed by atoms with van der Waals surface area (Å²) >= 11 is 0. The minimum atomic E-state index is -0.0145. The molecule has 0 amide bonds. The highest BCUT2D eigenvalue weighted by molar-refractivity contribution is 5.95. The fourth-order valence-corrected chi connectivity index (χ4v) is 1.58. The molecule has 0 unspecified atom stereocenters. The van der Waals surface area contributed by atoms with E-state index in [4.69, 9.17) is 5.73 Å². The Labute approximate surface area is 99.5 Å². The van der Waals surface area contributed by atoms with Gasteiger partial charge in [0, 0.05) is 18.3 Å². The number of rotatable bonds is 3. The number of pyridine rings is 2. The number of hydrogen-bond acceptors (Lipinski definition) is 4. The molecular formula is C13H13N3O. The number of aryl methyl sites for hydroxylation is 1. The van der Waals surface area contributed by atoms with Gasteiger partial charge in [-0.05, 0) is 36.8 Å². The highest BCUT2D eigenvalue weighted by atomic mass is 16.1. The first kappa shape index (κ1) is 11.3. The molecule has 0 fully saturated rings. The van der Waals surface area contributed by atoms with Crippen LogP contribution in [0.25, 0.3) is 0 Å². The Balaban J connectivity index is 2.17. The molecule has 2 heterocycles. The molecular weight excluding hydrogens is 214 g/mol. The van der Waals surface area contributed by atoms with Crippen molar-refractivity contribution in [3.05, 3.63) is 53.5 Å². The molecule has 0 atom stereocenters. The van der Waals surface area contributed by atoms with E-state index in [0.29, 0.717) is 17.9 Å². The van der Waals surface area contributed by atoms with Gasteiger partial charge in [-0.15, -0.1) is 0 Å². The minimum Gasteiger partial charge on any atom is -0.384 e. The third-order valence-electron chi connectivity index (χ3n) is 2.38. The monoisotopic (exact) mass is 227 g/mol. The molecule has 0 radical (unpaired) electrons. The van der Waals surface area contributed by atoms with Gasteiger partial charge in [0.2, 0.25) is 0 Å². The lowest BCUT2D eigenvalue weighted by Crippen LogP contribution is -2.07. The lowest BCUT2D eigenvalue weighted by Gasteiger charge is -2.02. The molecule has 4 heteroatoms. The Morgan fingerprint density at radius 1 is 1.35 bits per heavy atom. The molecule has 2 aromatic rings. The van der Waals surface area contributed by atoms with Crippen LogP contribution in [0.5, 0.6) is 0 Å². The molecule has 0 spiro atoms. The number of ketones is 1. The van der Waals surface area contributed by atoms with Crippen LogP contribution in [0, 0.1) is 6.92 Å². The van der Waals surface area contributed by atoms with Gasteiger partial charge in [-0.1, -0.05) is 6.07 Å². The molecule has 0 saturated heterocycles. The molecule has 2 aromatic heterocycles. The molecule has 86 valence electrons. The number of aromatic nitrogens is 2. The predicted octanol–water partition coefficient (Wildman–Crippen LogP) is 1.79. The minimum absolute atomic E-state index is 0.0145. The van der Waals surface area contributed by atoms with Gasteiger partial charge in [-0.2, -0.15) is 0 Å². The molecule has 0 aliphatic heterocycles. The molecule has 4 nitrogen and oxygen atoms in total. The molecule has 17 heavy (non-hydrogen) atoms. The van der Waals surface area contributed by atoms with Crippen LogP contribution in [0.2, 0.25) is 0 Å². The topological polar surface area (TPSA) is 68.9 Å². The van der Waals surface area contributed by atoms with Crippen molar-refractivity contribution < 1.29 is 4.79 Å². The van der Waals surface area contributed by atoms with Crippen molar-refractivity contribution in [2.75, 3.05) is 5.73 Å². The van der Waals surface area contributed by atoms with E-state index in [1.165, 1.54) is 0 Å². The van der Waals surface area contributed by atoms with Crippen LogP contribution in [-0.2, 0) is 6.42 Å². The summed E-state index contributed by atoms with van der Waals surface area (Å²) in [6, 6.07) is 8.90. The van der Waals surface area contributed by atoms with Crippen molar-refractivity contribution in [1.29, 1.82) is 0 Å². The van der Waals surface area contributed by atoms with Crippen LogP contribution in [0.1, 0.15) is 21.7 Å². The highest BCUT2D eigenvalue weighted by Gasteiger charge is 2.08. The summed E-state index contributed by atoms with van der Waals surface area (Å²) in [5.41, 5.74) is 7.74. The van der Waals surface area contributed by atoms with Gasteiger partial charge in [0.25, 0.3) is 0 Å². The first-order chi connectivity index (χ1) is 8.15. The lowest BCUT2D eigenvalue weighted by atomic mass is 10.1. The van der Waals surface area contributed by atoms with Crippen LogP contribution in [0.3, 0.4) is 0 Å². The maximum Gasteiger partial charge on any atom is 0.185 e. The van der Waals surface area contributed by atoms with Gasteiger partial charge in [0.1, 0.15) is 11.5 Å². The molecule has 0 aliphatic carbocycles. The fourth-order valence-electron chi connectivity index (χ4n) is 1.58. The van der Waals surface area contributed by atoms with E-state index in [2.05, 4.69) is 9.97 Å². The number of nitrogens with zero attached hydrogens (tertiary/aromatic N) is 2. The van der Waals surface area contributed by atoms with E-state index in [-0.39, 0.29) is 5.78 Å². The van der Waals surface area contributed by atoms with Gasteiger partial charge in [-0.3, -0.25) is 9.78 Å². The van der Waals surface area contributed by atoms with Crippen LogP contribution in [-0.4, -0.2) is 15.8 Å². The van der Waals surface area contributed by atoms with Crippen molar-refractivity contribution in [1.82, 2.24) is 9.97 Å². The third kappa shape index (κ3) is 2.87. The summed E-state index contributed by atoms with van der Waals surface area (Å²) in [5.74, 6) is 0.409. The largest absolute Gasteiger partial charge is 0.384 e. The second-order valence-electron chi connectivity index (χ2n) is 3.85. The molecule has 2 rings (SSSR count). The summed E-state index contributed by atoms with van der Waals surface area (Å²) < 4.78 is 0. The quantitative estimate of drug-likeness (QED) is 0.812. The van der Waals surface area contributed by atoms with Gasteiger partial charge in [0.15, 0.2) is 5.78 Å². The predicted molar refractivity (Wildman–Crippen MR) is 65.7 cm³/mol. The summed E-state index contributed by atoms with van der Waals surface area (Å²) in [5, 5.41) is 0. The summed E-state index contributed by atoms with van der Waals surface area (Å²) in [7, 11) is 0. The first-order valence-corrected chi connectivity index (χ1v) is 5.32. The molecule has 2 N–H and O–H groups in total. The summed E-state index contributed by atoms with van der Waals surface area (Å²) in [6.45, 7) is 1.86. The average Bonchev–Trinajstić information content (AvgIpc) is 2.29. The zero-order valence-corrected chi connectivity index (χ0v) is 9.55. The Hall–Kier alpha value is -2.23.